The van der Waals surface area contributed by atoms with Crippen LogP contribution in [0.3, 0.4) is 0 Å². The minimum atomic E-state index is -0.548. The fourth-order valence-corrected chi connectivity index (χ4v) is 4.38. The second kappa shape index (κ2) is 7.48. The van der Waals surface area contributed by atoms with E-state index in [9.17, 15) is 9.59 Å². The molecule has 0 atom stereocenters. The van der Waals surface area contributed by atoms with E-state index in [-0.39, 0.29) is 12.2 Å². The molecule has 1 aliphatic rings. The zero-order valence-electron chi connectivity index (χ0n) is 14.1. The summed E-state index contributed by atoms with van der Waals surface area (Å²) >= 11 is 6.73. The highest BCUT2D eigenvalue weighted by Gasteiger charge is 2.20. The van der Waals surface area contributed by atoms with Crippen molar-refractivity contribution in [3.8, 4) is 11.5 Å². The Kier molecular flexibility index (Phi) is 5.06. The lowest BCUT2D eigenvalue weighted by Gasteiger charge is -2.09. The molecular weight excluding hydrogens is 480 g/mol. The lowest BCUT2D eigenvalue weighted by Crippen LogP contribution is -2.17. The second-order valence-corrected chi connectivity index (χ2v) is 7.97. The summed E-state index contributed by atoms with van der Waals surface area (Å²) in [4.78, 5) is 24.2. The van der Waals surface area contributed by atoms with Crippen molar-refractivity contribution in [1.82, 2.24) is 0 Å². The van der Waals surface area contributed by atoms with Gasteiger partial charge in [-0.15, -0.1) is 0 Å². The molecule has 27 heavy (non-hydrogen) atoms. The van der Waals surface area contributed by atoms with Crippen molar-refractivity contribution >= 4 is 48.8 Å². The topological polar surface area (TPSA) is 65.7 Å². The molecule has 1 aliphatic carbocycles. The van der Waals surface area contributed by atoms with E-state index in [2.05, 4.69) is 31.9 Å². The maximum absolute atomic E-state index is 12.1. The van der Waals surface area contributed by atoms with Crippen molar-refractivity contribution < 1.29 is 18.7 Å². The van der Waals surface area contributed by atoms with Crippen LogP contribution in [-0.2, 0) is 17.6 Å². The SMILES string of the molecule is O=C(COc1ccc(Br)cc1Br)Oc1ccc2c3c(c(=O)oc2c1)CCC3. The zero-order valence-corrected chi connectivity index (χ0v) is 17.3. The molecule has 2 aromatic carbocycles. The average molecular weight is 494 g/mol. The maximum Gasteiger partial charge on any atom is 0.349 e. The van der Waals surface area contributed by atoms with E-state index in [0.717, 1.165) is 44.7 Å². The number of benzene rings is 2. The van der Waals surface area contributed by atoms with Gasteiger partial charge in [0, 0.05) is 21.5 Å². The summed E-state index contributed by atoms with van der Waals surface area (Å²) in [5.41, 5.74) is 1.94. The molecule has 0 radical (unpaired) electrons. The first-order chi connectivity index (χ1) is 13.0. The van der Waals surface area contributed by atoms with E-state index >= 15 is 0 Å². The summed E-state index contributed by atoms with van der Waals surface area (Å²) in [5.74, 6) is 0.301. The van der Waals surface area contributed by atoms with Crippen LogP contribution in [0.25, 0.3) is 11.0 Å². The van der Waals surface area contributed by atoms with Crippen LogP contribution < -0.4 is 15.1 Å². The Morgan fingerprint density at radius 2 is 1.89 bits per heavy atom. The molecular formula is C20H14Br2O5. The zero-order chi connectivity index (χ0) is 19.0. The van der Waals surface area contributed by atoms with Crippen molar-refractivity contribution in [2.24, 2.45) is 0 Å². The Morgan fingerprint density at radius 1 is 1.07 bits per heavy atom. The first-order valence-corrected chi connectivity index (χ1v) is 9.97. The van der Waals surface area contributed by atoms with E-state index < -0.39 is 5.97 Å². The van der Waals surface area contributed by atoms with Crippen LogP contribution in [0.2, 0.25) is 0 Å². The van der Waals surface area contributed by atoms with Gasteiger partial charge in [0.1, 0.15) is 17.1 Å². The fraction of sp³-hybridized carbons (Fsp3) is 0.200. The van der Waals surface area contributed by atoms with Crippen LogP contribution in [0, 0.1) is 0 Å². The quantitative estimate of drug-likeness (QED) is 0.297. The molecule has 0 bridgehead atoms. The van der Waals surface area contributed by atoms with E-state index in [1.54, 1.807) is 18.2 Å². The molecule has 0 amide bonds. The highest BCUT2D eigenvalue weighted by atomic mass is 79.9. The summed E-state index contributed by atoms with van der Waals surface area (Å²) in [7, 11) is 0. The molecule has 0 saturated carbocycles. The van der Waals surface area contributed by atoms with Crippen LogP contribution in [0.4, 0.5) is 0 Å². The monoisotopic (exact) mass is 492 g/mol. The molecule has 3 aromatic rings. The van der Waals surface area contributed by atoms with Crippen molar-refractivity contribution in [2.75, 3.05) is 6.61 Å². The first kappa shape index (κ1) is 18.3. The van der Waals surface area contributed by atoms with Crippen molar-refractivity contribution in [2.45, 2.75) is 19.3 Å². The standard InChI is InChI=1S/C20H14Br2O5/c21-11-4-7-17(16(22)8-11)25-10-19(23)26-12-5-6-14-13-2-1-3-15(13)20(24)27-18(14)9-12/h4-9H,1-3,10H2. The number of hydrogen-bond donors (Lipinski definition) is 0. The number of carbonyl (C=O) groups excluding carboxylic acids is 1. The van der Waals surface area contributed by atoms with Crippen LogP contribution in [0.5, 0.6) is 11.5 Å². The first-order valence-electron chi connectivity index (χ1n) is 8.38. The number of esters is 1. The average Bonchev–Trinajstić information content (AvgIpc) is 3.11. The lowest BCUT2D eigenvalue weighted by molar-refractivity contribution is -0.136. The summed E-state index contributed by atoms with van der Waals surface area (Å²) < 4.78 is 17.8. The predicted molar refractivity (Wildman–Crippen MR) is 107 cm³/mol. The van der Waals surface area contributed by atoms with Gasteiger partial charge >= 0.3 is 11.6 Å². The highest BCUT2D eigenvalue weighted by molar-refractivity contribution is 9.11. The number of rotatable bonds is 4. The van der Waals surface area contributed by atoms with Crippen LogP contribution in [-0.4, -0.2) is 12.6 Å². The predicted octanol–water partition coefficient (Wildman–Crippen LogP) is 4.79. The normalized spacial score (nSPS) is 12.8. The molecule has 0 fully saturated rings. The fourth-order valence-electron chi connectivity index (χ4n) is 3.22. The van der Waals surface area contributed by atoms with Crippen LogP contribution >= 0.6 is 31.9 Å². The molecule has 1 heterocycles. The van der Waals surface area contributed by atoms with Crippen molar-refractivity contribution in [1.29, 1.82) is 0 Å². The Hall–Kier alpha value is -2.12. The van der Waals surface area contributed by atoms with Crippen molar-refractivity contribution in [3.63, 3.8) is 0 Å². The summed E-state index contributed by atoms with van der Waals surface area (Å²) in [6.07, 6.45) is 2.58. The van der Waals surface area contributed by atoms with Crippen LogP contribution in [0.15, 0.2) is 54.6 Å². The van der Waals surface area contributed by atoms with Crippen molar-refractivity contribution in [3.05, 3.63) is 66.9 Å². The number of fused-ring (bicyclic) bond motifs is 3. The number of carbonyl (C=O) groups is 1. The third-order valence-corrected chi connectivity index (χ3v) is 5.53. The Morgan fingerprint density at radius 3 is 2.70 bits per heavy atom. The molecule has 5 nitrogen and oxygen atoms in total. The summed E-state index contributed by atoms with van der Waals surface area (Å²) in [6, 6.07) is 10.5. The largest absolute Gasteiger partial charge is 0.481 e. The molecule has 7 heteroatoms. The van der Waals surface area contributed by atoms with Gasteiger partial charge in [-0.1, -0.05) is 15.9 Å². The minimum Gasteiger partial charge on any atom is -0.481 e. The number of hydrogen-bond acceptors (Lipinski definition) is 5. The van der Waals surface area contributed by atoms with Gasteiger partial charge in [-0.2, -0.15) is 0 Å². The summed E-state index contributed by atoms with van der Waals surface area (Å²) in [6.45, 7) is -0.244. The molecule has 138 valence electrons. The van der Waals surface area contributed by atoms with Gasteiger partial charge in [0.2, 0.25) is 0 Å². The number of halogens is 2. The molecule has 0 aliphatic heterocycles. The third-order valence-electron chi connectivity index (χ3n) is 4.42. The van der Waals surface area contributed by atoms with E-state index in [4.69, 9.17) is 13.9 Å². The van der Waals surface area contributed by atoms with Gasteiger partial charge in [-0.05, 0) is 71.1 Å². The van der Waals surface area contributed by atoms with Crippen LogP contribution in [0.1, 0.15) is 17.5 Å². The number of ether oxygens (including phenoxy) is 2. The lowest BCUT2D eigenvalue weighted by atomic mass is 10.1. The molecule has 1 aromatic heterocycles. The Labute approximate surface area is 171 Å². The highest BCUT2D eigenvalue weighted by Crippen LogP contribution is 2.30. The Bertz CT molecular complexity index is 1100. The molecule has 4 rings (SSSR count). The minimum absolute atomic E-state index is 0.244. The number of aryl methyl sites for hydroxylation is 1. The molecule has 0 N–H and O–H groups in total. The van der Waals surface area contributed by atoms with Gasteiger partial charge in [0.15, 0.2) is 6.61 Å². The third kappa shape index (κ3) is 3.80. The van der Waals surface area contributed by atoms with Gasteiger partial charge < -0.3 is 13.9 Å². The molecule has 0 saturated heterocycles. The van der Waals surface area contributed by atoms with E-state index in [1.165, 1.54) is 0 Å². The molecule has 0 unspecified atom stereocenters. The van der Waals surface area contributed by atoms with Gasteiger partial charge in [0.05, 0.1) is 4.47 Å². The maximum atomic E-state index is 12.1. The smallest absolute Gasteiger partial charge is 0.349 e. The van der Waals surface area contributed by atoms with Gasteiger partial charge in [-0.25, -0.2) is 9.59 Å². The second-order valence-electron chi connectivity index (χ2n) is 6.20. The van der Waals surface area contributed by atoms with Gasteiger partial charge in [-0.3, -0.25) is 0 Å². The van der Waals surface area contributed by atoms with Gasteiger partial charge in [0.25, 0.3) is 0 Å². The Balaban J connectivity index is 1.49. The molecule has 0 spiro atoms. The van der Waals surface area contributed by atoms with E-state index in [1.807, 2.05) is 18.2 Å². The van der Waals surface area contributed by atoms with E-state index in [0.29, 0.717) is 17.1 Å². The summed E-state index contributed by atoms with van der Waals surface area (Å²) in [5, 5.41) is 0.900.